The molecule has 0 radical (unpaired) electrons. The molecule has 3 heteroatoms. The first-order valence-electron chi connectivity index (χ1n) is 4.12. The highest BCUT2D eigenvalue weighted by Gasteiger charge is 2.22. The van der Waals surface area contributed by atoms with Gasteiger partial charge in [0.25, 0.3) is 0 Å². The smallest absolute Gasteiger partial charge is 0.0975 e. The first kappa shape index (κ1) is 9.49. The van der Waals surface area contributed by atoms with Crippen molar-refractivity contribution in [2.45, 2.75) is 38.2 Å². The molecule has 0 heterocycles. The van der Waals surface area contributed by atoms with E-state index in [1.165, 1.54) is 19.3 Å². The molecule has 64 valence electrons. The number of thiocarbonyl (C=S) groups is 1. The Kier molecular flexibility index (Phi) is 3.82. The first-order chi connectivity index (χ1) is 5.22. The second-order valence-electron chi connectivity index (χ2n) is 3.18. The number of aliphatic hydroxyl groups excluding tert-OH is 1. The van der Waals surface area contributed by atoms with Crippen LogP contribution in [0.2, 0.25) is 0 Å². The van der Waals surface area contributed by atoms with E-state index in [1.807, 2.05) is 0 Å². The fourth-order valence-electron chi connectivity index (χ4n) is 1.65. The van der Waals surface area contributed by atoms with Crippen molar-refractivity contribution in [2.24, 2.45) is 5.92 Å². The van der Waals surface area contributed by atoms with E-state index in [-0.39, 0.29) is 0 Å². The number of rotatable bonds is 2. The van der Waals surface area contributed by atoms with Crippen LogP contribution in [0.3, 0.4) is 0 Å². The van der Waals surface area contributed by atoms with Crippen LogP contribution in [0.1, 0.15) is 32.1 Å². The van der Waals surface area contributed by atoms with Crippen molar-refractivity contribution in [3.8, 4) is 0 Å². The third kappa shape index (κ3) is 2.73. The van der Waals surface area contributed by atoms with Crippen LogP contribution in [0.4, 0.5) is 0 Å². The van der Waals surface area contributed by atoms with Gasteiger partial charge in [0.05, 0.1) is 10.3 Å². The van der Waals surface area contributed by atoms with Gasteiger partial charge in [-0.2, -0.15) is 0 Å². The van der Waals surface area contributed by atoms with Crippen LogP contribution in [0.25, 0.3) is 0 Å². The highest BCUT2D eigenvalue weighted by atomic mass is 32.1. The SMILES string of the molecule is OC(C(=S)S)C1CCCCC1. The van der Waals surface area contributed by atoms with Gasteiger partial charge in [0.2, 0.25) is 0 Å². The summed E-state index contributed by atoms with van der Waals surface area (Å²) in [7, 11) is 0. The van der Waals surface area contributed by atoms with Gasteiger partial charge in [-0.1, -0.05) is 31.5 Å². The summed E-state index contributed by atoms with van der Waals surface area (Å²) in [6.07, 6.45) is 5.55. The van der Waals surface area contributed by atoms with Crippen LogP contribution < -0.4 is 0 Å². The lowest BCUT2D eigenvalue weighted by Crippen LogP contribution is -2.26. The highest BCUT2D eigenvalue weighted by molar-refractivity contribution is 8.11. The summed E-state index contributed by atoms with van der Waals surface area (Å²) >= 11 is 8.80. The molecule has 1 unspecified atom stereocenters. The summed E-state index contributed by atoms with van der Waals surface area (Å²) in [6.45, 7) is 0. The number of hydrogen-bond donors (Lipinski definition) is 2. The van der Waals surface area contributed by atoms with Crippen molar-refractivity contribution in [3.63, 3.8) is 0 Å². The van der Waals surface area contributed by atoms with E-state index in [0.717, 1.165) is 12.8 Å². The number of aliphatic hydroxyl groups is 1. The van der Waals surface area contributed by atoms with Crippen molar-refractivity contribution < 1.29 is 5.11 Å². The molecule has 1 aliphatic carbocycles. The van der Waals surface area contributed by atoms with E-state index in [1.54, 1.807) is 0 Å². The van der Waals surface area contributed by atoms with Gasteiger partial charge in [0, 0.05) is 0 Å². The average molecular weight is 190 g/mol. The minimum absolute atomic E-state index is 0.383. The van der Waals surface area contributed by atoms with Gasteiger partial charge >= 0.3 is 0 Å². The van der Waals surface area contributed by atoms with E-state index >= 15 is 0 Å². The zero-order valence-corrected chi connectivity index (χ0v) is 8.20. The molecule has 0 aromatic rings. The highest BCUT2D eigenvalue weighted by Crippen LogP contribution is 2.27. The van der Waals surface area contributed by atoms with E-state index in [0.29, 0.717) is 10.1 Å². The Morgan fingerprint density at radius 1 is 1.36 bits per heavy atom. The minimum Gasteiger partial charge on any atom is -0.387 e. The molecule has 11 heavy (non-hydrogen) atoms. The maximum absolute atomic E-state index is 9.53. The minimum atomic E-state index is -0.450. The molecule has 1 rings (SSSR count). The third-order valence-corrected chi connectivity index (χ3v) is 2.86. The van der Waals surface area contributed by atoms with Gasteiger partial charge in [0.1, 0.15) is 0 Å². The summed E-state index contributed by atoms with van der Waals surface area (Å²) < 4.78 is 0.455. The first-order valence-corrected chi connectivity index (χ1v) is 4.98. The van der Waals surface area contributed by atoms with Crippen LogP contribution >= 0.6 is 24.8 Å². The van der Waals surface area contributed by atoms with Crippen molar-refractivity contribution in [1.29, 1.82) is 0 Å². The summed E-state index contributed by atoms with van der Waals surface area (Å²) in [6, 6.07) is 0. The molecule has 1 fully saturated rings. The van der Waals surface area contributed by atoms with Gasteiger partial charge in [0.15, 0.2) is 0 Å². The lowest BCUT2D eigenvalue weighted by molar-refractivity contribution is 0.145. The molecule has 0 aliphatic heterocycles. The second kappa shape index (κ2) is 4.43. The average Bonchev–Trinajstić information content (AvgIpc) is 2.05. The predicted octanol–water partition coefficient (Wildman–Crippen LogP) is 2.18. The Labute approximate surface area is 78.6 Å². The van der Waals surface area contributed by atoms with Crippen LogP contribution in [-0.4, -0.2) is 15.4 Å². The maximum Gasteiger partial charge on any atom is 0.0975 e. The largest absolute Gasteiger partial charge is 0.387 e. The van der Waals surface area contributed by atoms with Gasteiger partial charge in [-0.25, -0.2) is 0 Å². The maximum atomic E-state index is 9.53. The normalized spacial score (nSPS) is 23.1. The standard InChI is InChI=1S/C8H14OS2/c9-7(8(10)11)6-4-2-1-3-5-6/h6-7,9H,1-5H2,(H,10,11). The zero-order chi connectivity index (χ0) is 8.27. The van der Waals surface area contributed by atoms with Crippen LogP contribution in [0.15, 0.2) is 0 Å². The van der Waals surface area contributed by atoms with E-state index < -0.39 is 6.10 Å². The molecule has 0 bridgehead atoms. The topological polar surface area (TPSA) is 20.2 Å². The van der Waals surface area contributed by atoms with E-state index in [2.05, 4.69) is 12.6 Å². The molecule has 1 nitrogen and oxygen atoms in total. The van der Waals surface area contributed by atoms with Crippen molar-refractivity contribution in [2.75, 3.05) is 0 Å². The Hall–Kier alpha value is 0.400. The summed E-state index contributed by atoms with van der Waals surface area (Å²) in [5, 5.41) is 9.53. The monoisotopic (exact) mass is 190 g/mol. The Morgan fingerprint density at radius 2 is 1.91 bits per heavy atom. The molecule has 1 aliphatic rings. The van der Waals surface area contributed by atoms with Gasteiger partial charge in [-0.3, -0.25) is 0 Å². The summed E-state index contributed by atoms with van der Waals surface area (Å²) in [5.74, 6) is 0.383. The molecule has 0 saturated heterocycles. The quantitative estimate of drug-likeness (QED) is 0.514. The van der Waals surface area contributed by atoms with Crippen molar-refractivity contribution >= 4 is 29.0 Å². The van der Waals surface area contributed by atoms with Crippen LogP contribution in [0, 0.1) is 5.92 Å². The number of thiol groups is 1. The summed E-state index contributed by atoms with van der Waals surface area (Å²) in [5.41, 5.74) is 0. The van der Waals surface area contributed by atoms with Crippen molar-refractivity contribution in [1.82, 2.24) is 0 Å². The molecule has 1 saturated carbocycles. The lowest BCUT2D eigenvalue weighted by Gasteiger charge is -2.25. The van der Waals surface area contributed by atoms with Gasteiger partial charge < -0.3 is 5.11 Å². The predicted molar refractivity (Wildman–Crippen MR) is 54.2 cm³/mol. The Bertz CT molecular complexity index is 141. The second-order valence-corrected chi connectivity index (χ2v) is 4.41. The molecule has 1 N–H and O–H groups in total. The molecular weight excluding hydrogens is 176 g/mol. The Morgan fingerprint density at radius 3 is 2.36 bits per heavy atom. The molecule has 0 aromatic heterocycles. The van der Waals surface area contributed by atoms with Crippen LogP contribution in [0.5, 0.6) is 0 Å². The molecule has 0 spiro atoms. The third-order valence-electron chi connectivity index (χ3n) is 2.35. The molecule has 0 amide bonds. The zero-order valence-electron chi connectivity index (χ0n) is 6.49. The fourth-order valence-corrected chi connectivity index (χ4v) is 2.05. The molecule has 1 atom stereocenters. The van der Waals surface area contributed by atoms with Crippen molar-refractivity contribution in [3.05, 3.63) is 0 Å². The Balaban J connectivity index is 2.38. The number of hydrogen-bond acceptors (Lipinski definition) is 2. The molecular formula is C8H14OS2. The van der Waals surface area contributed by atoms with Gasteiger partial charge in [-0.05, 0) is 18.8 Å². The molecule has 0 aromatic carbocycles. The van der Waals surface area contributed by atoms with E-state index in [4.69, 9.17) is 12.2 Å². The van der Waals surface area contributed by atoms with Gasteiger partial charge in [-0.15, -0.1) is 12.6 Å². The lowest BCUT2D eigenvalue weighted by atomic mass is 9.86. The van der Waals surface area contributed by atoms with E-state index in [9.17, 15) is 5.11 Å². The van der Waals surface area contributed by atoms with Crippen LogP contribution in [-0.2, 0) is 0 Å². The summed E-state index contributed by atoms with van der Waals surface area (Å²) in [4.78, 5) is 0. The fraction of sp³-hybridized carbons (Fsp3) is 0.875.